The fourth-order valence-electron chi connectivity index (χ4n) is 4.87. The van der Waals surface area contributed by atoms with Crippen molar-refractivity contribution in [1.29, 1.82) is 0 Å². The van der Waals surface area contributed by atoms with Crippen molar-refractivity contribution in [2.45, 2.75) is 64.6 Å². The van der Waals surface area contributed by atoms with Crippen LogP contribution >= 0.6 is 0 Å². The molecule has 1 fully saturated rings. The highest BCUT2D eigenvalue weighted by molar-refractivity contribution is 6.07. The number of ether oxygens (including phenoxy) is 2. The van der Waals surface area contributed by atoms with Gasteiger partial charge in [-0.05, 0) is 62.4 Å². The first-order valence-electron chi connectivity index (χ1n) is 13.7. The number of imide groups is 1. The maximum atomic E-state index is 13.5. The molecular weight excluding hydrogens is 541 g/mol. The second-order valence-corrected chi connectivity index (χ2v) is 10.1. The molecule has 1 saturated heterocycles. The van der Waals surface area contributed by atoms with Gasteiger partial charge in [-0.3, -0.25) is 9.69 Å². The smallest absolute Gasteiger partial charge is 0.417 e. The lowest BCUT2D eigenvalue weighted by Crippen LogP contribution is -2.41. The van der Waals surface area contributed by atoms with Gasteiger partial charge in [0.05, 0.1) is 18.8 Å². The zero-order chi connectivity index (χ0) is 29.8. The van der Waals surface area contributed by atoms with Gasteiger partial charge in [0.1, 0.15) is 22.6 Å². The molecule has 0 spiro atoms. The van der Waals surface area contributed by atoms with Crippen molar-refractivity contribution >= 4 is 22.9 Å². The summed E-state index contributed by atoms with van der Waals surface area (Å²) >= 11 is 0. The molecule has 1 unspecified atom stereocenters. The zero-order valence-corrected chi connectivity index (χ0v) is 23.2. The summed E-state index contributed by atoms with van der Waals surface area (Å²) in [5.41, 5.74) is -2.42. The van der Waals surface area contributed by atoms with Gasteiger partial charge in [-0.25, -0.2) is 9.59 Å². The first kappa shape index (κ1) is 30.0. The largest absolute Gasteiger partial charge is 0.494 e. The molecule has 1 aliphatic heterocycles. The van der Waals surface area contributed by atoms with Crippen molar-refractivity contribution < 1.29 is 36.7 Å². The van der Waals surface area contributed by atoms with E-state index in [0.717, 1.165) is 6.42 Å². The Morgan fingerprint density at radius 1 is 0.951 bits per heavy atom. The molecule has 3 aromatic rings. The molecule has 0 radical (unpaired) electrons. The van der Waals surface area contributed by atoms with Crippen LogP contribution < -0.4 is 20.4 Å². The van der Waals surface area contributed by atoms with Crippen molar-refractivity contribution in [3.8, 4) is 11.5 Å². The fourth-order valence-corrected chi connectivity index (χ4v) is 4.87. The van der Waals surface area contributed by atoms with Crippen LogP contribution in [0.1, 0.15) is 63.1 Å². The molecule has 0 bridgehead atoms. The van der Waals surface area contributed by atoms with E-state index in [1.807, 2.05) is 13.8 Å². The van der Waals surface area contributed by atoms with Gasteiger partial charge >= 0.3 is 17.8 Å². The molecule has 1 atom stereocenters. The maximum absolute atomic E-state index is 13.5. The molecule has 220 valence electrons. The van der Waals surface area contributed by atoms with E-state index in [9.17, 15) is 27.6 Å². The van der Waals surface area contributed by atoms with Crippen LogP contribution in [0.2, 0.25) is 0 Å². The first-order chi connectivity index (χ1) is 19.5. The van der Waals surface area contributed by atoms with Crippen LogP contribution in [0, 0.1) is 0 Å². The molecule has 11 heteroatoms. The number of fused-ring (bicyclic) bond motifs is 1. The van der Waals surface area contributed by atoms with Gasteiger partial charge in [-0.2, -0.15) is 13.2 Å². The summed E-state index contributed by atoms with van der Waals surface area (Å²) < 4.78 is 57.2. The summed E-state index contributed by atoms with van der Waals surface area (Å²) in [6.07, 6.45) is -1.98. The fraction of sp³-hybridized carbons (Fsp3) is 0.433. The third-order valence-electron chi connectivity index (χ3n) is 6.99. The first-order valence-corrected chi connectivity index (χ1v) is 13.7. The number of halogens is 3. The van der Waals surface area contributed by atoms with Crippen LogP contribution in [0.5, 0.6) is 11.5 Å². The van der Waals surface area contributed by atoms with E-state index in [0.29, 0.717) is 61.0 Å². The Kier molecular flexibility index (Phi) is 8.94. The number of nitrogens with one attached hydrogen (secondary N) is 1. The lowest BCUT2D eigenvalue weighted by Gasteiger charge is -2.22. The summed E-state index contributed by atoms with van der Waals surface area (Å²) in [4.78, 5) is 38.9. The molecule has 1 N–H and O–H groups in total. The van der Waals surface area contributed by atoms with Crippen LogP contribution in [0.4, 0.5) is 18.0 Å². The van der Waals surface area contributed by atoms with E-state index in [1.54, 1.807) is 31.2 Å². The topological polar surface area (TPSA) is 98.1 Å². The Morgan fingerprint density at radius 3 is 2.34 bits per heavy atom. The van der Waals surface area contributed by atoms with Gasteiger partial charge in [0.25, 0.3) is 5.91 Å². The number of hydrogen-bond donors (Lipinski definition) is 1. The Hall–Kier alpha value is -4.02. The van der Waals surface area contributed by atoms with Crippen molar-refractivity contribution in [1.82, 2.24) is 10.2 Å². The molecule has 0 saturated carbocycles. The molecule has 8 nitrogen and oxygen atoms in total. The third-order valence-corrected chi connectivity index (χ3v) is 6.99. The number of benzene rings is 2. The normalized spacial score (nSPS) is 17.3. The van der Waals surface area contributed by atoms with Crippen molar-refractivity contribution in [2.24, 2.45) is 0 Å². The molecule has 4 rings (SSSR count). The highest BCUT2D eigenvalue weighted by Crippen LogP contribution is 2.37. The number of alkyl halides is 3. The van der Waals surface area contributed by atoms with Crippen LogP contribution in [0.3, 0.4) is 0 Å². The molecule has 2 aromatic carbocycles. The molecule has 41 heavy (non-hydrogen) atoms. The van der Waals surface area contributed by atoms with Gasteiger partial charge in [0, 0.05) is 23.6 Å². The Bertz CT molecular complexity index is 1470. The van der Waals surface area contributed by atoms with E-state index in [1.165, 1.54) is 17.0 Å². The SMILES string of the molecule is CCCOc1ccc(C2(C)NC(=O)N(CCCCOc3ccc4c(C(F)(F)F)cc(=O)oc4c3CCC)C2=O)cc1. The number of hydrogen-bond acceptors (Lipinski definition) is 6. The van der Waals surface area contributed by atoms with Crippen LogP contribution in [-0.2, 0) is 22.9 Å². The van der Waals surface area contributed by atoms with Gasteiger partial charge in [-0.15, -0.1) is 0 Å². The number of carbonyl (C=O) groups excluding carboxylic acids is 2. The number of aryl methyl sites for hydroxylation is 1. The van der Waals surface area contributed by atoms with Crippen molar-refractivity contribution in [3.05, 3.63) is 69.6 Å². The van der Waals surface area contributed by atoms with Crippen molar-refractivity contribution in [3.63, 3.8) is 0 Å². The molecule has 0 aliphatic carbocycles. The predicted molar refractivity (Wildman–Crippen MR) is 146 cm³/mol. The Morgan fingerprint density at radius 2 is 1.68 bits per heavy atom. The zero-order valence-electron chi connectivity index (χ0n) is 23.2. The number of unbranched alkanes of at least 4 members (excludes halogenated alkanes) is 1. The molecule has 1 aliphatic rings. The minimum atomic E-state index is -4.71. The number of amides is 3. The Labute approximate surface area is 235 Å². The van der Waals surface area contributed by atoms with E-state index >= 15 is 0 Å². The van der Waals surface area contributed by atoms with E-state index in [-0.39, 0.29) is 30.0 Å². The van der Waals surface area contributed by atoms with Crippen LogP contribution in [-0.4, -0.2) is 36.6 Å². The molecule has 2 heterocycles. The van der Waals surface area contributed by atoms with Gasteiger partial charge < -0.3 is 19.2 Å². The van der Waals surface area contributed by atoms with Crippen molar-refractivity contribution in [2.75, 3.05) is 19.8 Å². The summed E-state index contributed by atoms with van der Waals surface area (Å²) in [5, 5.41) is 2.59. The summed E-state index contributed by atoms with van der Waals surface area (Å²) in [7, 11) is 0. The highest BCUT2D eigenvalue weighted by Gasteiger charge is 2.48. The quantitative estimate of drug-likeness (QED) is 0.158. The minimum absolute atomic E-state index is 0.132. The van der Waals surface area contributed by atoms with E-state index in [2.05, 4.69) is 5.32 Å². The molecular formula is C30H33F3N2O6. The van der Waals surface area contributed by atoms with Gasteiger partial charge in [0.15, 0.2) is 0 Å². The lowest BCUT2D eigenvalue weighted by molar-refractivity contribution is -0.136. The third kappa shape index (κ3) is 6.34. The minimum Gasteiger partial charge on any atom is -0.494 e. The summed E-state index contributed by atoms with van der Waals surface area (Å²) in [6, 6.07) is 9.72. The predicted octanol–water partition coefficient (Wildman–Crippen LogP) is 6.18. The number of rotatable bonds is 12. The van der Waals surface area contributed by atoms with Gasteiger partial charge in [0.2, 0.25) is 0 Å². The van der Waals surface area contributed by atoms with E-state index < -0.39 is 28.9 Å². The number of carbonyl (C=O) groups is 2. The number of urea groups is 1. The second-order valence-electron chi connectivity index (χ2n) is 10.1. The number of nitrogens with zero attached hydrogens (tertiary/aromatic N) is 1. The highest BCUT2D eigenvalue weighted by atomic mass is 19.4. The van der Waals surface area contributed by atoms with Crippen LogP contribution in [0.25, 0.3) is 11.0 Å². The standard InChI is InChI=1S/C30H33F3N2O6/c1-4-8-22-24(14-13-21-23(30(31,32)33)18-25(36)41-26(21)22)40-17-7-6-15-35-27(37)29(3,34-28(35)38)19-9-11-20(12-10-19)39-16-5-2/h9-14,18H,4-8,15-17H2,1-3H3,(H,34,38). The summed E-state index contributed by atoms with van der Waals surface area (Å²) in [6.45, 7) is 6.47. The monoisotopic (exact) mass is 574 g/mol. The molecule has 1 aromatic heterocycles. The van der Waals surface area contributed by atoms with E-state index in [4.69, 9.17) is 13.9 Å². The van der Waals surface area contributed by atoms with Gasteiger partial charge in [-0.1, -0.05) is 32.4 Å². The Balaban J connectivity index is 1.39. The average molecular weight is 575 g/mol. The summed E-state index contributed by atoms with van der Waals surface area (Å²) in [5.74, 6) is 0.654. The second kappa shape index (κ2) is 12.2. The maximum Gasteiger partial charge on any atom is 0.417 e. The lowest BCUT2D eigenvalue weighted by atomic mass is 9.92. The molecule has 3 amide bonds. The van der Waals surface area contributed by atoms with Crippen LogP contribution in [0.15, 0.2) is 51.7 Å². The average Bonchev–Trinajstić information content (AvgIpc) is 3.15.